The van der Waals surface area contributed by atoms with Crippen LogP contribution in [0.4, 0.5) is 17.3 Å². The minimum Gasteiger partial charge on any atom is -0.357 e. The summed E-state index contributed by atoms with van der Waals surface area (Å²) in [6, 6.07) is 0. The molecule has 0 radical (unpaired) electrons. The van der Waals surface area contributed by atoms with Crippen molar-refractivity contribution >= 4 is 17.3 Å². The molecule has 0 saturated heterocycles. The fraction of sp³-hybridized carbons (Fsp3) is 0.222. The van der Waals surface area contributed by atoms with Gasteiger partial charge < -0.3 is 15.3 Å². The number of hydrazine groups is 1. The standard InChI is InChI=1S/C9H12N8O2/c1-16-3-2-11-6(16)4-12-8-7(17(18)19)9(15-10)14-5-13-8/h2-3,5H,4,10H2,1H3,(H2,12,13,14,15). The minimum atomic E-state index is -0.601. The van der Waals surface area contributed by atoms with Gasteiger partial charge in [0.15, 0.2) is 0 Å². The van der Waals surface area contributed by atoms with Gasteiger partial charge in [0, 0.05) is 19.4 Å². The number of nitrogens with two attached hydrogens (primary N) is 1. The normalized spacial score (nSPS) is 10.2. The van der Waals surface area contributed by atoms with Crippen molar-refractivity contribution in [2.24, 2.45) is 12.9 Å². The summed E-state index contributed by atoms with van der Waals surface area (Å²) < 4.78 is 1.79. The van der Waals surface area contributed by atoms with Crippen molar-refractivity contribution in [3.05, 3.63) is 34.7 Å². The van der Waals surface area contributed by atoms with Crippen molar-refractivity contribution in [2.75, 3.05) is 10.7 Å². The molecule has 0 bridgehead atoms. The molecule has 4 N–H and O–H groups in total. The Balaban J connectivity index is 2.25. The molecule has 0 aliphatic rings. The maximum atomic E-state index is 11.0. The maximum absolute atomic E-state index is 11.0. The monoisotopic (exact) mass is 264 g/mol. The lowest BCUT2D eigenvalue weighted by Gasteiger charge is -2.07. The van der Waals surface area contributed by atoms with E-state index in [2.05, 4.69) is 25.7 Å². The van der Waals surface area contributed by atoms with Crippen molar-refractivity contribution in [1.82, 2.24) is 19.5 Å². The molecule has 0 aromatic carbocycles. The second-order valence-corrected chi connectivity index (χ2v) is 3.63. The van der Waals surface area contributed by atoms with Gasteiger partial charge in [-0.15, -0.1) is 0 Å². The van der Waals surface area contributed by atoms with E-state index >= 15 is 0 Å². The molecule has 2 heterocycles. The molecule has 0 saturated carbocycles. The number of rotatable bonds is 5. The quantitative estimate of drug-likeness (QED) is 0.390. The number of nitrogens with one attached hydrogen (secondary N) is 2. The fourth-order valence-electron chi connectivity index (χ4n) is 1.52. The number of imidazole rings is 1. The molecule has 0 aliphatic carbocycles. The van der Waals surface area contributed by atoms with Crippen LogP contribution in [0.15, 0.2) is 18.7 Å². The Morgan fingerprint density at radius 1 is 1.42 bits per heavy atom. The predicted molar refractivity (Wildman–Crippen MR) is 67.0 cm³/mol. The zero-order chi connectivity index (χ0) is 13.8. The van der Waals surface area contributed by atoms with Gasteiger partial charge in [-0.25, -0.2) is 20.8 Å². The first kappa shape index (κ1) is 12.7. The predicted octanol–water partition coefficient (Wildman–Crippen LogP) is 0.0160. The Hall–Kier alpha value is -2.75. The van der Waals surface area contributed by atoms with Crippen LogP contribution in [-0.2, 0) is 13.6 Å². The average molecular weight is 264 g/mol. The van der Waals surface area contributed by atoms with E-state index in [4.69, 9.17) is 5.84 Å². The largest absolute Gasteiger partial charge is 0.357 e. The highest BCUT2D eigenvalue weighted by atomic mass is 16.6. The first-order valence-corrected chi connectivity index (χ1v) is 5.29. The van der Waals surface area contributed by atoms with E-state index in [1.54, 1.807) is 17.0 Å². The van der Waals surface area contributed by atoms with E-state index in [0.717, 1.165) is 5.82 Å². The highest BCUT2D eigenvalue weighted by Gasteiger charge is 2.22. The van der Waals surface area contributed by atoms with Gasteiger partial charge in [0.2, 0.25) is 11.6 Å². The summed E-state index contributed by atoms with van der Waals surface area (Å²) in [5.74, 6) is 5.93. The smallest absolute Gasteiger partial charge is 0.354 e. The van der Waals surface area contributed by atoms with Gasteiger partial charge in [0.05, 0.1) is 11.5 Å². The van der Waals surface area contributed by atoms with E-state index in [-0.39, 0.29) is 17.3 Å². The second kappa shape index (κ2) is 5.27. The summed E-state index contributed by atoms with van der Waals surface area (Å²) in [5, 5.41) is 13.8. The number of nitrogen functional groups attached to an aromatic ring is 1. The Morgan fingerprint density at radius 3 is 2.74 bits per heavy atom. The molecule has 0 unspecified atom stereocenters. The zero-order valence-electron chi connectivity index (χ0n) is 10.1. The van der Waals surface area contributed by atoms with Crippen LogP contribution in [0.1, 0.15) is 5.82 Å². The average Bonchev–Trinajstić information content (AvgIpc) is 2.81. The summed E-state index contributed by atoms with van der Waals surface area (Å²) in [6.07, 6.45) is 4.60. The van der Waals surface area contributed by atoms with Crippen LogP contribution in [0.25, 0.3) is 0 Å². The molecule has 0 fully saturated rings. The fourth-order valence-corrected chi connectivity index (χ4v) is 1.52. The van der Waals surface area contributed by atoms with Crippen LogP contribution >= 0.6 is 0 Å². The van der Waals surface area contributed by atoms with Crippen LogP contribution in [0.2, 0.25) is 0 Å². The molecule has 0 amide bonds. The molecule has 2 rings (SSSR count). The number of aryl methyl sites for hydroxylation is 1. The van der Waals surface area contributed by atoms with Crippen molar-refractivity contribution in [2.45, 2.75) is 6.54 Å². The Labute approximate surface area is 107 Å². The Morgan fingerprint density at radius 2 is 2.16 bits per heavy atom. The van der Waals surface area contributed by atoms with Gasteiger partial charge in [0.1, 0.15) is 12.2 Å². The Bertz CT molecular complexity index is 596. The second-order valence-electron chi connectivity index (χ2n) is 3.63. The molecule has 2 aromatic rings. The lowest BCUT2D eigenvalue weighted by molar-refractivity contribution is -0.383. The summed E-state index contributed by atoms with van der Waals surface area (Å²) in [4.78, 5) is 22.0. The summed E-state index contributed by atoms with van der Waals surface area (Å²) >= 11 is 0. The van der Waals surface area contributed by atoms with Gasteiger partial charge in [0.25, 0.3) is 0 Å². The SMILES string of the molecule is Cn1ccnc1CNc1ncnc(NN)c1[N+](=O)[O-]. The molecule has 100 valence electrons. The zero-order valence-corrected chi connectivity index (χ0v) is 10.1. The number of nitrogens with zero attached hydrogens (tertiary/aromatic N) is 5. The van der Waals surface area contributed by atoms with E-state index < -0.39 is 4.92 Å². The third-order valence-electron chi connectivity index (χ3n) is 2.48. The molecule has 19 heavy (non-hydrogen) atoms. The lowest BCUT2D eigenvalue weighted by atomic mass is 10.4. The van der Waals surface area contributed by atoms with Gasteiger partial charge in [-0.3, -0.25) is 10.1 Å². The van der Waals surface area contributed by atoms with Crippen LogP contribution in [0, 0.1) is 10.1 Å². The number of anilines is 2. The van der Waals surface area contributed by atoms with Crippen molar-refractivity contribution in [1.29, 1.82) is 0 Å². The number of hydrogen-bond acceptors (Lipinski definition) is 8. The van der Waals surface area contributed by atoms with Gasteiger partial charge in [-0.05, 0) is 0 Å². The summed E-state index contributed by atoms with van der Waals surface area (Å²) in [6.45, 7) is 0.297. The van der Waals surface area contributed by atoms with Crippen LogP contribution in [-0.4, -0.2) is 24.4 Å². The van der Waals surface area contributed by atoms with Crippen molar-refractivity contribution in [3.8, 4) is 0 Å². The number of hydrogen-bond donors (Lipinski definition) is 3. The highest BCUT2D eigenvalue weighted by Crippen LogP contribution is 2.28. The third kappa shape index (κ3) is 2.57. The molecule has 2 aromatic heterocycles. The number of nitro groups is 1. The van der Waals surface area contributed by atoms with Crippen LogP contribution < -0.4 is 16.6 Å². The van der Waals surface area contributed by atoms with E-state index in [1.165, 1.54) is 6.33 Å². The molecule has 0 aliphatic heterocycles. The van der Waals surface area contributed by atoms with Crippen LogP contribution in [0.5, 0.6) is 0 Å². The maximum Gasteiger partial charge on any atom is 0.354 e. The third-order valence-corrected chi connectivity index (χ3v) is 2.48. The Kier molecular flexibility index (Phi) is 3.52. The van der Waals surface area contributed by atoms with Gasteiger partial charge in [-0.1, -0.05) is 0 Å². The van der Waals surface area contributed by atoms with Crippen LogP contribution in [0.3, 0.4) is 0 Å². The van der Waals surface area contributed by atoms with Crippen molar-refractivity contribution < 1.29 is 4.92 Å². The van der Waals surface area contributed by atoms with Gasteiger partial charge in [-0.2, -0.15) is 0 Å². The van der Waals surface area contributed by atoms with E-state index in [0.29, 0.717) is 6.54 Å². The van der Waals surface area contributed by atoms with Crippen molar-refractivity contribution in [3.63, 3.8) is 0 Å². The molecular formula is C9H12N8O2. The lowest BCUT2D eigenvalue weighted by Crippen LogP contribution is -2.14. The minimum absolute atomic E-state index is 0.0534. The molecule has 0 atom stereocenters. The summed E-state index contributed by atoms with van der Waals surface area (Å²) in [7, 11) is 1.82. The summed E-state index contributed by atoms with van der Waals surface area (Å²) in [5.41, 5.74) is 1.86. The molecule has 0 spiro atoms. The molecular weight excluding hydrogens is 252 g/mol. The topological polar surface area (TPSA) is 137 Å². The highest BCUT2D eigenvalue weighted by molar-refractivity contribution is 5.68. The van der Waals surface area contributed by atoms with Gasteiger partial charge >= 0.3 is 5.69 Å². The molecule has 10 nitrogen and oxygen atoms in total. The first-order chi connectivity index (χ1) is 9.13. The van der Waals surface area contributed by atoms with E-state index in [1.807, 2.05) is 7.05 Å². The number of aromatic nitrogens is 4. The van der Waals surface area contributed by atoms with E-state index in [9.17, 15) is 10.1 Å². The molecule has 10 heteroatoms. The first-order valence-electron chi connectivity index (χ1n) is 5.29.